The molecule has 564 valence electrons. The van der Waals surface area contributed by atoms with Crippen molar-refractivity contribution in [1.29, 1.82) is 0 Å². The Labute approximate surface area is 543 Å². The molecular weight excluding hydrogens is 1240 g/mol. The number of hydrogen-bond donors (Lipinski definition) is 0. The first-order valence-electron chi connectivity index (χ1n) is 32.6. The molecule has 0 nitrogen and oxygen atoms in total. The molecular formula is C70H137F21. The van der Waals surface area contributed by atoms with Gasteiger partial charge >= 0.3 is 43.2 Å². The molecule has 1 unspecified atom stereocenters. The Morgan fingerprint density at radius 1 is 0.264 bits per heavy atom. The Morgan fingerprint density at radius 2 is 0.527 bits per heavy atom. The fourth-order valence-electron chi connectivity index (χ4n) is 8.36. The topological polar surface area (TPSA) is 0 Å². The minimum Gasteiger partial charge on any atom is -0.171 e. The lowest BCUT2D eigenvalue weighted by Crippen LogP contribution is -2.43. The monoisotopic (exact) mass is 1380 g/mol. The maximum atomic E-state index is 12.8. The van der Waals surface area contributed by atoms with Crippen LogP contribution in [0.15, 0.2) is 0 Å². The molecule has 0 saturated heterocycles. The van der Waals surface area contributed by atoms with Crippen molar-refractivity contribution in [3.05, 3.63) is 0 Å². The van der Waals surface area contributed by atoms with E-state index in [2.05, 4.69) is 69.2 Å². The molecule has 0 aromatic rings. The lowest BCUT2D eigenvalue weighted by molar-refractivity contribution is -0.239. The van der Waals surface area contributed by atoms with E-state index in [0.717, 1.165) is 0 Å². The highest BCUT2D eigenvalue weighted by molar-refractivity contribution is 4.89. The van der Waals surface area contributed by atoms with Crippen LogP contribution in [0.2, 0.25) is 0 Å². The van der Waals surface area contributed by atoms with Gasteiger partial charge in [0, 0.05) is 0 Å². The summed E-state index contributed by atoms with van der Waals surface area (Å²) in [5.74, 6) is -1.22. The summed E-state index contributed by atoms with van der Waals surface area (Å²) in [4.78, 5) is 0. The molecule has 0 saturated carbocycles. The van der Waals surface area contributed by atoms with Gasteiger partial charge in [-0.15, -0.1) is 0 Å². The summed E-state index contributed by atoms with van der Waals surface area (Å²) in [7, 11) is 0. The molecule has 0 aliphatic heterocycles. The first-order valence-corrected chi connectivity index (χ1v) is 32.6. The van der Waals surface area contributed by atoms with E-state index in [4.69, 9.17) is 0 Å². The van der Waals surface area contributed by atoms with E-state index in [0.29, 0.717) is 35.5 Å². The average Bonchev–Trinajstić information content (AvgIpc) is 1.57. The van der Waals surface area contributed by atoms with Crippen LogP contribution in [0.3, 0.4) is 0 Å². The Bertz CT molecular complexity index is 1700. The molecule has 0 amide bonds. The zero-order valence-electron chi connectivity index (χ0n) is 64.0. The molecule has 0 heterocycles. The molecule has 0 bridgehead atoms. The Kier molecular flexibility index (Phi) is 48.8. The van der Waals surface area contributed by atoms with E-state index in [1.54, 1.807) is 55.4 Å². The summed E-state index contributed by atoms with van der Waals surface area (Å²) < 4.78 is 257. The zero-order valence-corrected chi connectivity index (χ0v) is 64.0. The highest BCUT2D eigenvalue weighted by Crippen LogP contribution is 2.51. The quantitative estimate of drug-likeness (QED) is 0.135. The SMILES string of the molecule is CC(C)(C)C.CC(C)C(C(C)C)C(C)(C)C(F)(F)F.CC(C)C(C)(C)C(F)(F)F.CCC(C)(C(C)C)C(F)(F)F.CCC(C)(C)C(F)(F)F.CCC(C)(CC)C(C)(C)C.CCC(C)(CC)C(F)(F)F.CCC(CC)C(C)(C)C(F)(F)F.CCCC(C)(C)C(F)(F)F. The van der Waals surface area contributed by atoms with Gasteiger partial charge in [0.2, 0.25) is 0 Å². The minimum absolute atomic E-state index is 0.0478. The molecule has 1 atom stereocenters. The third-order valence-corrected chi connectivity index (χ3v) is 19.5. The van der Waals surface area contributed by atoms with Gasteiger partial charge in [0.25, 0.3) is 0 Å². The molecule has 0 aromatic carbocycles. The van der Waals surface area contributed by atoms with Gasteiger partial charge < -0.3 is 0 Å². The van der Waals surface area contributed by atoms with Gasteiger partial charge in [0.05, 0.1) is 37.9 Å². The summed E-state index contributed by atoms with van der Waals surface area (Å²) in [5.41, 5.74) is -9.27. The van der Waals surface area contributed by atoms with E-state index in [-0.39, 0.29) is 67.6 Å². The fourth-order valence-corrected chi connectivity index (χ4v) is 8.36. The van der Waals surface area contributed by atoms with Crippen LogP contribution in [-0.4, -0.2) is 43.2 Å². The number of hydrogen-bond acceptors (Lipinski definition) is 0. The Balaban J connectivity index is -0.000000120. The zero-order chi connectivity index (χ0) is 77.0. The molecule has 0 aromatic heterocycles. The van der Waals surface area contributed by atoms with Crippen molar-refractivity contribution in [1.82, 2.24) is 0 Å². The van der Waals surface area contributed by atoms with Crippen LogP contribution in [-0.2, 0) is 0 Å². The molecule has 0 spiro atoms. The first-order chi connectivity index (χ1) is 39.1. The van der Waals surface area contributed by atoms with Crippen molar-refractivity contribution >= 4 is 0 Å². The van der Waals surface area contributed by atoms with Crippen LogP contribution in [0.25, 0.3) is 0 Å². The van der Waals surface area contributed by atoms with Crippen molar-refractivity contribution in [3.63, 3.8) is 0 Å². The summed E-state index contributed by atoms with van der Waals surface area (Å²) >= 11 is 0. The van der Waals surface area contributed by atoms with Crippen molar-refractivity contribution in [2.75, 3.05) is 0 Å². The van der Waals surface area contributed by atoms with Crippen molar-refractivity contribution < 1.29 is 92.2 Å². The van der Waals surface area contributed by atoms with Crippen LogP contribution >= 0.6 is 0 Å². The third kappa shape index (κ3) is 40.1. The smallest absolute Gasteiger partial charge is 0.171 e. The summed E-state index contributed by atoms with van der Waals surface area (Å²) in [6.07, 6.45) is -23.4. The number of halogens is 21. The maximum absolute atomic E-state index is 12.8. The van der Waals surface area contributed by atoms with E-state index in [1.165, 1.54) is 103 Å². The van der Waals surface area contributed by atoms with Gasteiger partial charge in [0.1, 0.15) is 0 Å². The number of rotatable bonds is 16. The second-order valence-electron chi connectivity index (χ2n) is 31.9. The van der Waals surface area contributed by atoms with Crippen LogP contribution < -0.4 is 0 Å². The fraction of sp³-hybridized carbons (Fsp3) is 1.00. The Morgan fingerprint density at radius 3 is 0.560 bits per heavy atom. The van der Waals surface area contributed by atoms with Gasteiger partial charge in [-0.1, -0.05) is 288 Å². The molecule has 0 N–H and O–H groups in total. The predicted molar refractivity (Wildman–Crippen MR) is 344 cm³/mol. The van der Waals surface area contributed by atoms with Crippen LogP contribution in [0.5, 0.6) is 0 Å². The van der Waals surface area contributed by atoms with Gasteiger partial charge in [-0.2, -0.15) is 92.2 Å². The largest absolute Gasteiger partial charge is 0.394 e. The van der Waals surface area contributed by atoms with Crippen LogP contribution in [0.1, 0.15) is 320 Å². The van der Waals surface area contributed by atoms with Gasteiger partial charge in [-0.3, -0.25) is 0 Å². The van der Waals surface area contributed by atoms with Crippen molar-refractivity contribution in [3.8, 4) is 0 Å². The Hall–Kier alpha value is -1.47. The van der Waals surface area contributed by atoms with E-state index in [9.17, 15) is 92.2 Å². The third-order valence-electron chi connectivity index (χ3n) is 19.5. The second kappa shape index (κ2) is 41.1. The molecule has 0 aliphatic rings. The second-order valence-corrected chi connectivity index (χ2v) is 31.9. The normalized spacial score (nSPS) is 14.5. The van der Waals surface area contributed by atoms with E-state index in [1.807, 2.05) is 41.5 Å². The molecule has 0 radical (unpaired) electrons. The summed E-state index contributed by atoms with van der Waals surface area (Å²) in [6, 6.07) is 0. The summed E-state index contributed by atoms with van der Waals surface area (Å²) in [6.45, 7) is 63.1. The van der Waals surface area contributed by atoms with Crippen LogP contribution in [0, 0.1) is 89.7 Å². The number of alkyl halides is 21. The predicted octanol–water partition coefficient (Wildman–Crippen LogP) is 31.0. The average molecular weight is 1380 g/mol. The molecule has 0 fully saturated rings. The van der Waals surface area contributed by atoms with Crippen molar-refractivity contribution in [2.45, 2.75) is 364 Å². The standard InChI is InChI=1S/C11H21F3.C10H22.C9H17F3.C8H15F3.3C7H13F3.C6H11F3.C5H12/c1-7(2)9(8(3)4)10(5,6)11(12,13)14;1-7-10(6,8-2)9(3,4)5;1-5-7(6-2)8(3,4)9(10,11)12;1-5-7(4,6(2)3)8(9,10)11;1-5(2)6(3,4)7(8,9)10;1-4-5-6(2,3)7(8,9)10;1-4-6(3,5-2)7(8,9)10;1-4-5(2,3)6(7,8)9;1-5(2,3)4/h7-9H,1-6H3;7-8H2,1-6H3;7H,5-6H2,1-4H3;6H,5H2,1-4H3;5H,1-4H3;2*4-5H2,1-3H3;4H2,1-3H3;1-4H3. The first kappa shape index (κ1) is 108. The van der Waals surface area contributed by atoms with Gasteiger partial charge in [0.15, 0.2) is 0 Å². The van der Waals surface area contributed by atoms with Gasteiger partial charge in [-0.05, 0) is 83.9 Å². The molecule has 0 aliphatic carbocycles. The van der Waals surface area contributed by atoms with Gasteiger partial charge in [-0.25, -0.2) is 0 Å². The van der Waals surface area contributed by atoms with Crippen molar-refractivity contribution in [2.24, 2.45) is 89.7 Å². The van der Waals surface area contributed by atoms with Crippen LogP contribution in [0.4, 0.5) is 92.2 Å². The lowest BCUT2D eigenvalue weighted by atomic mass is 9.65. The van der Waals surface area contributed by atoms with E-state index >= 15 is 0 Å². The minimum atomic E-state index is -4.12. The molecule has 21 heteroatoms. The highest BCUT2D eigenvalue weighted by Gasteiger charge is 2.55. The summed E-state index contributed by atoms with van der Waals surface area (Å²) in [5, 5.41) is 0. The molecule has 91 heavy (non-hydrogen) atoms. The lowest BCUT2D eigenvalue weighted by Gasteiger charge is -2.41. The molecule has 0 rings (SSSR count). The van der Waals surface area contributed by atoms with E-state index < -0.39 is 81.1 Å². The highest BCUT2D eigenvalue weighted by atomic mass is 19.4. The maximum Gasteiger partial charge on any atom is 0.394 e.